The largest absolute Gasteiger partial charge is 0.388 e. The molecule has 1 aromatic heterocycles. The Bertz CT molecular complexity index is 510. The second-order valence-corrected chi connectivity index (χ2v) is 3.43. The maximum Gasteiger partial charge on any atom is 0.330 e. The standard InChI is InChI=1S/C8H9FN2O5/c9-3-1-11(8(15)10-6(3)14)7-5(13)4(12)2-16-7/h1,4-5,7,12-13H,2H2,(H,10,14,15)/t4-,5-,7-/m0/s1. The molecule has 0 aromatic carbocycles. The molecule has 0 amide bonds. The molecule has 3 N–H and O–H groups in total. The van der Waals surface area contributed by atoms with Crippen LogP contribution in [-0.4, -0.2) is 38.6 Å². The van der Waals surface area contributed by atoms with Gasteiger partial charge in [0.15, 0.2) is 6.23 Å². The summed E-state index contributed by atoms with van der Waals surface area (Å²) in [4.78, 5) is 23.8. The first-order valence-corrected chi connectivity index (χ1v) is 4.49. The van der Waals surface area contributed by atoms with E-state index in [1.54, 1.807) is 4.98 Å². The van der Waals surface area contributed by atoms with Crippen LogP contribution in [0.3, 0.4) is 0 Å². The number of H-pyrrole nitrogens is 1. The third-order valence-electron chi connectivity index (χ3n) is 2.32. The van der Waals surface area contributed by atoms with E-state index in [4.69, 9.17) is 4.74 Å². The Morgan fingerprint density at radius 2 is 2.19 bits per heavy atom. The Morgan fingerprint density at radius 1 is 1.50 bits per heavy atom. The monoisotopic (exact) mass is 232 g/mol. The number of nitrogens with zero attached hydrogens (tertiary/aromatic N) is 1. The number of aromatic nitrogens is 2. The number of rotatable bonds is 1. The van der Waals surface area contributed by atoms with E-state index in [2.05, 4.69) is 0 Å². The normalized spacial score (nSPS) is 29.6. The van der Waals surface area contributed by atoms with Gasteiger partial charge in [0, 0.05) is 0 Å². The third-order valence-corrected chi connectivity index (χ3v) is 2.32. The van der Waals surface area contributed by atoms with E-state index in [-0.39, 0.29) is 6.61 Å². The number of hydrogen-bond donors (Lipinski definition) is 3. The molecule has 0 saturated carbocycles. The first-order chi connectivity index (χ1) is 7.50. The van der Waals surface area contributed by atoms with Crippen molar-refractivity contribution < 1.29 is 19.3 Å². The van der Waals surface area contributed by atoms with E-state index in [9.17, 15) is 24.2 Å². The van der Waals surface area contributed by atoms with E-state index in [1.807, 2.05) is 0 Å². The molecule has 16 heavy (non-hydrogen) atoms. The van der Waals surface area contributed by atoms with Gasteiger partial charge in [-0.1, -0.05) is 0 Å². The lowest BCUT2D eigenvalue weighted by molar-refractivity contribution is -0.0218. The topological polar surface area (TPSA) is 105 Å². The molecule has 2 heterocycles. The van der Waals surface area contributed by atoms with Gasteiger partial charge in [-0.3, -0.25) is 14.3 Å². The van der Waals surface area contributed by atoms with Crippen LogP contribution in [0, 0.1) is 5.82 Å². The molecule has 0 bridgehead atoms. The van der Waals surface area contributed by atoms with Gasteiger partial charge in [-0.2, -0.15) is 4.39 Å². The molecule has 3 atom stereocenters. The molecule has 1 aliphatic heterocycles. The Labute approximate surface area is 87.7 Å². The number of halogens is 1. The highest BCUT2D eigenvalue weighted by atomic mass is 19.1. The SMILES string of the molecule is O=c1[nH]c(=O)n([C@H]2OC[C@H](O)[C@@H]2O)cc1F. The van der Waals surface area contributed by atoms with Crippen LogP contribution in [0.25, 0.3) is 0 Å². The van der Waals surface area contributed by atoms with Crippen molar-refractivity contribution in [3.05, 3.63) is 32.9 Å². The van der Waals surface area contributed by atoms with Crippen molar-refractivity contribution in [1.82, 2.24) is 9.55 Å². The highest BCUT2D eigenvalue weighted by Gasteiger charge is 2.36. The summed E-state index contributed by atoms with van der Waals surface area (Å²) in [5.74, 6) is -1.17. The summed E-state index contributed by atoms with van der Waals surface area (Å²) in [6.45, 7) is -0.168. The van der Waals surface area contributed by atoms with Crippen LogP contribution in [0.5, 0.6) is 0 Å². The highest BCUT2D eigenvalue weighted by Crippen LogP contribution is 2.22. The lowest BCUT2D eigenvalue weighted by Crippen LogP contribution is -2.38. The first kappa shape index (κ1) is 11.0. The molecule has 7 nitrogen and oxygen atoms in total. The molecule has 1 aliphatic rings. The average Bonchev–Trinajstić information content (AvgIpc) is 2.54. The number of nitrogens with one attached hydrogen (secondary N) is 1. The van der Waals surface area contributed by atoms with Crippen LogP contribution in [0.15, 0.2) is 15.8 Å². The van der Waals surface area contributed by atoms with E-state index in [0.29, 0.717) is 10.8 Å². The number of aliphatic hydroxyl groups excluding tert-OH is 2. The molecule has 88 valence electrons. The summed E-state index contributed by atoms with van der Waals surface area (Å²) >= 11 is 0. The second-order valence-electron chi connectivity index (χ2n) is 3.43. The molecule has 0 radical (unpaired) electrons. The summed E-state index contributed by atoms with van der Waals surface area (Å²) in [6.07, 6.45) is -3.06. The van der Waals surface area contributed by atoms with Crippen molar-refractivity contribution in [3.8, 4) is 0 Å². The lowest BCUT2D eigenvalue weighted by Gasteiger charge is -2.16. The second kappa shape index (κ2) is 3.81. The smallest absolute Gasteiger partial charge is 0.330 e. The maximum atomic E-state index is 12.9. The number of aliphatic hydroxyl groups is 2. The molecule has 1 aromatic rings. The average molecular weight is 232 g/mol. The first-order valence-electron chi connectivity index (χ1n) is 4.49. The van der Waals surface area contributed by atoms with Crippen LogP contribution in [0.1, 0.15) is 6.23 Å². The minimum atomic E-state index is -1.34. The zero-order valence-corrected chi connectivity index (χ0v) is 7.96. The summed E-state index contributed by atoms with van der Waals surface area (Å²) in [6, 6.07) is 0. The number of hydrogen-bond acceptors (Lipinski definition) is 5. The zero-order valence-electron chi connectivity index (χ0n) is 7.96. The Kier molecular flexibility index (Phi) is 2.62. The third kappa shape index (κ3) is 1.66. The van der Waals surface area contributed by atoms with Gasteiger partial charge in [-0.25, -0.2) is 4.79 Å². The Hall–Kier alpha value is -1.51. The van der Waals surface area contributed by atoms with E-state index >= 15 is 0 Å². The van der Waals surface area contributed by atoms with Crippen molar-refractivity contribution in [3.63, 3.8) is 0 Å². The minimum absolute atomic E-state index is 0.168. The summed E-state index contributed by atoms with van der Waals surface area (Å²) < 4.78 is 18.5. The van der Waals surface area contributed by atoms with Gasteiger partial charge in [0.2, 0.25) is 5.82 Å². The summed E-state index contributed by atoms with van der Waals surface area (Å²) in [5.41, 5.74) is -2.06. The predicted molar refractivity (Wildman–Crippen MR) is 48.3 cm³/mol. The van der Waals surface area contributed by atoms with Crippen molar-refractivity contribution >= 4 is 0 Å². The van der Waals surface area contributed by atoms with Crippen molar-refractivity contribution in [2.75, 3.05) is 6.61 Å². The highest BCUT2D eigenvalue weighted by molar-refractivity contribution is 4.91. The molecular formula is C8H9FN2O5. The Balaban J connectivity index is 2.45. The van der Waals surface area contributed by atoms with Gasteiger partial charge < -0.3 is 14.9 Å². The van der Waals surface area contributed by atoms with Crippen LogP contribution >= 0.6 is 0 Å². The summed E-state index contributed by atoms with van der Waals surface area (Å²) in [5, 5.41) is 18.6. The van der Waals surface area contributed by atoms with Crippen molar-refractivity contribution in [2.24, 2.45) is 0 Å². The molecule has 0 unspecified atom stereocenters. The molecule has 2 rings (SSSR count). The fourth-order valence-electron chi connectivity index (χ4n) is 1.48. The Morgan fingerprint density at radius 3 is 2.75 bits per heavy atom. The molecule has 0 spiro atoms. The number of aromatic amines is 1. The van der Waals surface area contributed by atoms with Crippen molar-refractivity contribution in [1.29, 1.82) is 0 Å². The zero-order chi connectivity index (χ0) is 11.9. The molecular weight excluding hydrogens is 223 g/mol. The minimum Gasteiger partial charge on any atom is -0.388 e. The van der Waals surface area contributed by atoms with Crippen molar-refractivity contribution in [2.45, 2.75) is 18.4 Å². The van der Waals surface area contributed by atoms with E-state index in [1.165, 1.54) is 0 Å². The van der Waals surface area contributed by atoms with Gasteiger partial charge in [0.1, 0.15) is 12.2 Å². The summed E-state index contributed by atoms with van der Waals surface area (Å²) in [7, 11) is 0. The van der Waals surface area contributed by atoms with E-state index < -0.39 is 35.5 Å². The van der Waals surface area contributed by atoms with Gasteiger partial charge in [0.25, 0.3) is 5.56 Å². The fraction of sp³-hybridized carbons (Fsp3) is 0.500. The fourth-order valence-corrected chi connectivity index (χ4v) is 1.48. The lowest BCUT2D eigenvalue weighted by atomic mass is 10.2. The van der Waals surface area contributed by atoms with Gasteiger partial charge in [-0.05, 0) is 0 Å². The van der Waals surface area contributed by atoms with Crippen LogP contribution in [-0.2, 0) is 4.74 Å². The van der Waals surface area contributed by atoms with E-state index in [0.717, 1.165) is 0 Å². The quantitative estimate of drug-likeness (QED) is 0.515. The van der Waals surface area contributed by atoms with Gasteiger partial charge in [-0.15, -0.1) is 0 Å². The van der Waals surface area contributed by atoms with Gasteiger partial charge >= 0.3 is 5.69 Å². The van der Waals surface area contributed by atoms with Crippen LogP contribution < -0.4 is 11.2 Å². The molecule has 1 fully saturated rings. The molecule has 1 saturated heterocycles. The predicted octanol–water partition coefficient (Wildman–Crippen LogP) is -2.07. The molecule has 0 aliphatic carbocycles. The number of ether oxygens (including phenoxy) is 1. The van der Waals surface area contributed by atoms with Crippen LogP contribution in [0.2, 0.25) is 0 Å². The van der Waals surface area contributed by atoms with Crippen LogP contribution in [0.4, 0.5) is 4.39 Å². The van der Waals surface area contributed by atoms with Gasteiger partial charge in [0.05, 0.1) is 12.8 Å². The molecule has 8 heteroatoms. The maximum absolute atomic E-state index is 12.9.